The van der Waals surface area contributed by atoms with Gasteiger partial charge in [0.05, 0.1) is 6.33 Å². The summed E-state index contributed by atoms with van der Waals surface area (Å²) >= 11 is 0. The highest BCUT2D eigenvalue weighted by Crippen LogP contribution is 2.33. The summed E-state index contributed by atoms with van der Waals surface area (Å²) in [6.07, 6.45) is 11.9. The minimum Gasteiger partial charge on any atom is -0.387 e. The standard InChI is InChI=1S/C26H43N5O5/c1-2-3-4-5-6-7-8-9-10-11-12-13-14-15-18(32)20(33)23-21(34)22(35)26(36-23)31-17-30-19-24(27)28-16-29-25(19)31/h16-17,20-23,26,33-35H,2-15H2,1H3,(H2,27,28,29)/t20?,21-,22+,23+,26+/m0/s1. The van der Waals surface area contributed by atoms with Crippen LogP contribution in [0.1, 0.15) is 103 Å². The Balaban J connectivity index is 1.34. The second kappa shape index (κ2) is 14.6. The second-order valence-electron chi connectivity index (χ2n) is 9.96. The van der Waals surface area contributed by atoms with Crippen LogP contribution in [-0.4, -0.2) is 65.0 Å². The molecule has 3 heterocycles. The fraction of sp³-hybridized carbons (Fsp3) is 0.769. The number of carbonyl (C=O) groups is 1. The number of unbranched alkanes of at least 4 members (excludes halogenated alkanes) is 12. The van der Waals surface area contributed by atoms with Crippen molar-refractivity contribution in [3.05, 3.63) is 12.7 Å². The number of Topliss-reactive ketones (excluding diaryl/α,β-unsaturated/α-hetero) is 1. The lowest BCUT2D eigenvalue weighted by Crippen LogP contribution is -2.42. The van der Waals surface area contributed by atoms with E-state index in [1.165, 1.54) is 75.0 Å². The molecule has 2 aromatic heterocycles. The highest BCUT2D eigenvalue weighted by molar-refractivity contribution is 5.83. The van der Waals surface area contributed by atoms with Crippen LogP contribution in [-0.2, 0) is 9.53 Å². The van der Waals surface area contributed by atoms with E-state index in [1.807, 2.05) is 0 Å². The van der Waals surface area contributed by atoms with Gasteiger partial charge in [0.25, 0.3) is 0 Å². The summed E-state index contributed by atoms with van der Waals surface area (Å²) in [4.78, 5) is 24.7. The molecule has 1 fully saturated rings. The number of fused-ring (bicyclic) bond motifs is 1. The summed E-state index contributed by atoms with van der Waals surface area (Å²) in [5.41, 5.74) is 6.47. The quantitative estimate of drug-likeness (QED) is 0.236. The molecule has 0 aliphatic carbocycles. The molecule has 1 aliphatic rings. The molecule has 5 atom stereocenters. The lowest BCUT2D eigenvalue weighted by Gasteiger charge is -2.20. The van der Waals surface area contributed by atoms with Gasteiger partial charge in [0, 0.05) is 6.42 Å². The van der Waals surface area contributed by atoms with E-state index in [1.54, 1.807) is 0 Å². The number of ether oxygens (including phenoxy) is 1. The number of rotatable bonds is 17. The number of aliphatic hydroxyl groups excluding tert-OH is 3. The van der Waals surface area contributed by atoms with Crippen molar-refractivity contribution in [3.63, 3.8) is 0 Å². The summed E-state index contributed by atoms with van der Waals surface area (Å²) < 4.78 is 7.15. The minimum atomic E-state index is -1.52. The molecular weight excluding hydrogens is 462 g/mol. The predicted molar refractivity (Wildman–Crippen MR) is 137 cm³/mol. The molecule has 3 rings (SSSR count). The van der Waals surface area contributed by atoms with Crippen molar-refractivity contribution in [3.8, 4) is 0 Å². The lowest BCUT2D eigenvalue weighted by molar-refractivity contribution is -0.141. The number of hydrogen-bond acceptors (Lipinski definition) is 9. The maximum atomic E-state index is 12.6. The van der Waals surface area contributed by atoms with E-state index in [0.29, 0.717) is 17.6 Å². The Morgan fingerprint density at radius 3 is 2.14 bits per heavy atom. The zero-order valence-corrected chi connectivity index (χ0v) is 21.5. The molecule has 0 spiro atoms. The Hall–Kier alpha value is -2.14. The summed E-state index contributed by atoms with van der Waals surface area (Å²) in [5.74, 6) is -0.214. The van der Waals surface area contributed by atoms with E-state index in [-0.39, 0.29) is 12.2 Å². The molecule has 10 nitrogen and oxygen atoms in total. The Labute approximate surface area is 213 Å². The van der Waals surface area contributed by atoms with Gasteiger partial charge in [-0.05, 0) is 6.42 Å². The number of anilines is 1. The number of ketones is 1. The van der Waals surface area contributed by atoms with Gasteiger partial charge >= 0.3 is 0 Å². The van der Waals surface area contributed by atoms with E-state index >= 15 is 0 Å². The molecule has 10 heteroatoms. The van der Waals surface area contributed by atoms with E-state index in [4.69, 9.17) is 10.5 Å². The van der Waals surface area contributed by atoms with Gasteiger partial charge in [-0.25, -0.2) is 15.0 Å². The van der Waals surface area contributed by atoms with Gasteiger partial charge < -0.3 is 25.8 Å². The molecule has 1 unspecified atom stereocenters. The summed E-state index contributed by atoms with van der Waals surface area (Å²) in [7, 11) is 0. The Kier molecular flexibility index (Phi) is 11.5. The average Bonchev–Trinajstić information content (AvgIpc) is 3.43. The van der Waals surface area contributed by atoms with Crippen LogP contribution in [0.4, 0.5) is 5.82 Å². The average molecular weight is 506 g/mol. The van der Waals surface area contributed by atoms with Crippen LogP contribution in [0.2, 0.25) is 0 Å². The predicted octanol–water partition coefficient (Wildman–Crippen LogP) is 3.44. The number of nitrogens with two attached hydrogens (primary N) is 1. The molecule has 0 saturated carbocycles. The van der Waals surface area contributed by atoms with Gasteiger partial charge in [0.15, 0.2) is 23.5 Å². The van der Waals surface area contributed by atoms with Crippen LogP contribution in [0.15, 0.2) is 12.7 Å². The number of nitrogens with zero attached hydrogens (tertiary/aromatic N) is 4. The van der Waals surface area contributed by atoms with Crippen molar-refractivity contribution in [2.24, 2.45) is 0 Å². The molecule has 0 radical (unpaired) electrons. The molecule has 36 heavy (non-hydrogen) atoms. The Morgan fingerprint density at radius 2 is 1.53 bits per heavy atom. The van der Waals surface area contributed by atoms with Gasteiger partial charge in [-0.1, -0.05) is 84.0 Å². The number of imidazole rings is 1. The van der Waals surface area contributed by atoms with Crippen molar-refractivity contribution < 1.29 is 24.9 Å². The maximum Gasteiger partial charge on any atom is 0.167 e. The number of aromatic nitrogens is 4. The zero-order chi connectivity index (χ0) is 25.9. The molecule has 0 amide bonds. The van der Waals surface area contributed by atoms with E-state index in [9.17, 15) is 20.1 Å². The van der Waals surface area contributed by atoms with Gasteiger partial charge in [-0.2, -0.15) is 0 Å². The fourth-order valence-corrected chi connectivity index (χ4v) is 4.88. The monoisotopic (exact) mass is 505 g/mol. The minimum absolute atomic E-state index is 0.177. The van der Waals surface area contributed by atoms with Gasteiger partial charge in [-0.3, -0.25) is 9.36 Å². The SMILES string of the molecule is CCCCCCCCCCCCCCCC(=O)C(O)[C@H]1O[C@@H](n2cnc3c(N)ncnc32)[C@H](O)[C@@H]1O. The molecule has 2 aromatic rings. The van der Waals surface area contributed by atoms with Gasteiger partial charge in [-0.15, -0.1) is 0 Å². The van der Waals surface area contributed by atoms with Crippen molar-refractivity contribution in [1.82, 2.24) is 19.5 Å². The highest BCUT2D eigenvalue weighted by atomic mass is 16.6. The van der Waals surface area contributed by atoms with E-state index in [2.05, 4.69) is 21.9 Å². The summed E-state index contributed by atoms with van der Waals surface area (Å²) in [6, 6.07) is 0. The van der Waals surface area contributed by atoms with Crippen LogP contribution in [0.25, 0.3) is 11.2 Å². The lowest BCUT2D eigenvalue weighted by atomic mass is 9.98. The molecule has 0 bridgehead atoms. The van der Waals surface area contributed by atoms with Crippen LogP contribution >= 0.6 is 0 Å². The van der Waals surface area contributed by atoms with Gasteiger partial charge in [0.2, 0.25) is 0 Å². The van der Waals surface area contributed by atoms with Crippen molar-refractivity contribution in [2.45, 2.75) is 127 Å². The molecule has 5 N–H and O–H groups in total. The third kappa shape index (κ3) is 7.44. The zero-order valence-electron chi connectivity index (χ0n) is 21.5. The number of nitrogen functional groups attached to an aromatic ring is 1. The van der Waals surface area contributed by atoms with Crippen molar-refractivity contribution in [1.29, 1.82) is 0 Å². The fourth-order valence-electron chi connectivity index (χ4n) is 4.88. The molecular formula is C26H43N5O5. The smallest absolute Gasteiger partial charge is 0.167 e. The Morgan fingerprint density at radius 1 is 0.944 bits per heavy atom. The number of aliphatic hydroxyl groups is 3. The first-order chi connectivity index (χ1) is 17.5. The largest absolute Gasteiger partial charge is 0.387 e. The van der Waals surface area contributed by atoms with Crippen LogP contribution in [0.5, 0.6) is 0 Å². The third-order valence-corrected chi connectivity index (χ3v) is 7.10. The molecule has 1 aliphatic heterocycles. The van der Waals surface area contributed by atoms with E-state index in [0.717, 1.165) is 19.3 Å². The molecule has 202 valence electrons. The highest BCUT2D eigenvalue weighted by Gasteiger charge is 2.48. The first kappa shape index (κ1) is 28.4. The van der Waals surface area contributed by atoms with Crippen LogP contribution in [0, 0.1) is 0 Å². The van der Waals surface area contributed by atoms with Crippen molar-refractivity contribution >= 4 is 22.8 Å². The Bertz CT molecular complexity index is 939. The van der Waals surface area contributed by atoms with Crippen molar-refractivity contribution in [2.75, 3.05) is 5.73 Å². The third-order valence-electron chi connectivity index (χ3n) is 7.10. The number of hydrogen-bond donors (Lipinski definition) is 4. The summed E-state index contributed by atoms with van der Waals surface area (Å²) in [5, 5.41) is 31.6. The van der Waals surface area contributed by atoms with Crippen LogP contribution < -0.4 is 5.73 Å². The van der Waals surface area contributed by atoms with E-state index < -0.39 is 36.4 Å². The first-order valence-corrected chi connectivity index (χ1v) is 13.6. The summed E-state index contributed by atoms with van der Waals surface area (Å²) in [6.45, 7) is 2.24. The topological polar surface area (TPSA) is 157 Å². The normalized spacial score (nSPS) is 22.9. The van der Waals surface area contributed by atoms with Crippen LogP contribution in [0.3, 0.4) is 0 Å². The molecule has 1 saturated heterocycles. The molecule has 0 aromatic carbocycles. The second-order valence-corrected chi connectivity index (χ2v) is 9.96. The first-order valence-electron chi connectivity index (χ1n) is 13.6. The van der Waals surface area contributed by atoms with Gasteiger partial charge in [0.1, 0.15) is 36.3 Å². The maximum absolute atomic E-state index is 12.6. The number of carbonyl (C=O) groups excluding carboxylic acids is 1.